The van der Waals surface area contributed by atoms with Gasteiger partial charge in [0.1, 0.15) is 6.54 Å². The number of fused-ring (bicyclic) bond motifs is 3. The third-order valence-corrected chi connectivity index (χ3v) is 3.74. The fourth-order valence-electron chi connectivity index (χ4n) is 2.59. The van der Waals surface area contributed by atoms with E-state index in [4.69, 9.17) is 0 Å². The van der Waals surface area contributed by atoms with Crippen LogP contribution in [-0.2, 0) is 30.2 Å². The molecule has 0 unspecified atom stereocenters. The molecule has 0 fully saturated rings. The Balaban J connectivity index is 2.30. The minimum Gasteiger partial charge on any atom is -0.468 e. The van der Waals surface area contributed by atoms with Gasteiger partial charge in [-0.25, -0.2) is 9.80 Å². The zero-order valence-electron chi connectivity index (χ0n) is 13.2. The molecule has 0 radical (unpaired) electrons. The average molecular weight is 320 g/mol. The maximum Gasteiger partial charge on any atom is 0.332 e. The van der Waals surface area contributed by atoms with E-state index in [9.17, 15) is 14.4 Å². The van der Waals surface area contributed by atoms with E-state index in [0.29, 0.717) is 23.7 Å². The van der Waals surface area contributed by atoms with Gasteiger partial charge in [0.2, 0.25) is 5.95 Å². The predicted octanol–water partition coefficient (Wildman–Crippen LogP) is -1.20. The van der Waals surface area contributed by atoms with E-state index in [0.717, 1.165) is 4.57 Å². The third kappa shape index (κ3) is 2.14. The largest absolute Gasteiger partial charge is 0.468 e. The molecule has 23 heavy (non-hydrogen) atoms. The molecule has 0 spiro atoms. The quantitative estimate of drug-likeness (QED) is 0.644. The number of imidazole rings is 1. The minimum atomic E-state index is -0.483. The number of carbonyl (C=O) groups excluding carboxylic acids is 1. The van der Waals surface area contributed by atoms with Crippen LogP contribution in [-0.4, -0.2) is 44.0 Å². The molecule has 0 bridgehead atoms. The molecule has 1 aliphatic heterocycles. The third-order valence-electron chi connectivity index (χ3n) is 3.74. The Bertz CT molecular complexity index is 963. The van der Waals surface area contributed by atoms with Crippen molar-refractivity contribution in [3.8, 4) is 0 Å². The molecule has 3 rings (SSSR count). The van der Waals surface area contributed by atoms with Crippen LogP contribution in [0.25, 0.3) is 11.2 Å². The number of esters is 1. The molecule has 0 saturated heterocycles. The highest BCUT2D eigenvalue weighted by Crippen LogP contribution is 2.23. The molecule has 10 heteroatoms. The van der Waals surface area contributed by atoms with Gasteiger partial charge in [-0.15, -0.1) is 0 Å². The van der Waals surface area contributed by atoms with Gasteiger partial charge in [0.15, 0.2) is 11.2 Å². The fourth-order valence-corrected chi connectivity index (χ4v) is 2.59. The van der Waals surface area contributed by atoms with Crippen molar-refractivity contribution in [1.82, 2.24) is 18.7 Å². The van der Waals surface area contributed by atoms with Gasteiger partial charge in [-0.1, -0.05) is 0 Å². The Morgan fingerprint density at radius 1 is 1.26 bits per heavy atom. The van der Waals surface area contributed by atoms with Crippen molar-refractivity contribution in [3.63, 3.8) is 0 Å². The number of methoxy groups -OCH3 is 1. The smallest absolute Gasteiger partial charge is 0.332 e. The second kappa shape index (κ2) is 5.07. The molecule has 0 aromatic carbocycles. The van der Waals surface area contributed by atoms with E-state index in [2.05, 4.69) is 14.8 Å². The molecule has 2 aromatic heterocycles. The first kappa shape index (κ1) is 15.0. The second-order valence-corrected chi connectivity index (χ2v) is 5.34. The molecule has 3 heterocycles. The molecule has 1 aliphatic rings. The van der Waals surface area contributed by atoms with Gasteiger partial charge in [0, 0.05) is 14.1 Å². The Labute approximate surface area is 130 Å². The van der Waals surface area contributed by atoms with Gasteiger partial charge in [-0.05, 0) is 6.92 Å². The molecule has 0 saturated carbocycles. The zero-order chi connectivity index (χ0) is 16.9. The Hall–Kier alpha value is -2.91. The number of aromatic nitrogens is 4. The van der Waals surface area contributed by atoms with Crippen molar-refractivity contribution in [3.05, 3.63) is 20.8 Å². The predicted molar refractivity (Wildman–Crippen MR) is 82.7 cm³/mol. The summed E-state index contributed by atoms with van der Waals surface area (Å²) in [6.07, 6.45) is 0. The maximum atomic E-state index is 12.5. The monoisotopic (exact) mass is 320 g/mol. The number of anilines is 1. The Kier molecular flexibility index (Phi) is 3.31. The first-order valence-electron chi connectivity index (χ1n) is 6.89. The topological polar surface area (TPSA) is 104 Å². The molecule has 0 N–H and O–H groups in total. The minimum absolute atomic E-state index is 0.134. The highest BCUT2D eigenvalue weighted by Gasteiger charge is 2.27. The number of hydrazone groups is 1. The van der Waals surface area contributed by atoms with Crippen LogP contribution in [0.2, 0.25) is 0 Å². The van der Waals surface area contributed by atoms with E-state index in [1.54, 1.807) is 18.5 Å². The number of rotatable bonds is 2. The standard InChI is InChI=1S/C13H16N6O4/c1-7-5-18-9-10(16(2)13(22)17(3)11(9)21)14-12(18)19(15-7)6-8(20)23-4/h5-6H2,1-4H3. The summed E-state index contributed by atoms with van der Waals surface area (Å²) in [5.74, 6) is -0.154. The van der Waals surface area contributed by atoms with Crippen molar-refractivity contribution in [2.75, 3.05) is 18.7 Å². The normalized spacial score (nSPS) is 13.9. The molecule has 0 aliphatic carbocycles. The molecule has 10 nitrogen and oxygen atoms in total. The number of carbonyl (C=O) groups is 1. The summed E-state index contributed by atoms with van der Waals surface area (Å²) < 4.78 is 8.64. The molecule has 2 aromatic rings. The first-order chi connectivity index (χ1) is 10.8. The molecule has 0 atom stereocenters. The summed E-state index contributed by atoms with van der Waals surface area (Å²) in [6, 6.07) is 0. The van der Waals surface area contributed by atoms with Crippen LogP contribution < -0.4 is 16.3 Å². The van der Waals surface area contributed by atoms with E-state index < -0.39 is 17.2 Å². The summed E-state index contributed by atoms with van der Waals surface area (Å²) in [5, 5.41) is 5.65. The average Bonchev–Trinajstić information content (AvgIpc) is 2.90. The highest BCUT2D eigenvalue weighted by molar-refractivity contribution is 5.89. The molecular weight excluding hydrogens is 304 g/mol. The summed E-state index contributed by atoms with van der Waals surface area (Å²) in [4.78, 5) is 40.4. The Morgan fingerprint density at radius 3 is 2.61 bits per heavy atom. The van der Waals surface area contributed by atoms with Gasteiger partial charge in [-0.2, -0.15) is 10.1 Å². The summed E-state index contributed by atoms with van der Waals surface area (Å²) >= 11 is 0. The van der Waals surface area contributed by atoms with Gasteiger partial charge < -0.3 is 4.74 Å². The fraction of sp³-hybridized carbons (Fsp3) is 0.462. The van der Waals surface area contributed by atoms with E-state index in [-0.39, 0.29) is 12.2 Å². The van der Waals surface area contributed by atoms with Crippen LogP contribution in [0.5, 0.6) is 0 Å². The summed E-state index contributed by atoms with van der Waals surface area (Å²) in [7, 11) is 4.24. The number of aryl methyl sites for hydroxylation is 1. The van der Waals surface area contributed by atoms with Gasteiger partial charge in [-0.3, -0.25) is 23.3 Å². The lowest BCUT2D eigenvalue weighted by Gasteiger charge is -2.23. The van der Waals surface area contributed by atoms with E-state index >= 15 is 0 Å². The van der Waals surface area contributed by atoms with Gasteiger partial charge >= 0.3 is 11.7 Å². The SMILES string of the molecule is COC(=O)CN1N=C(C)Cn2c1nc1c2c(=O)n(C)c(=O)n1C. The zero-order valence-corrected chi connectivity index (χ0v) is 13.2. The first-order valence-corrected chi connectivity index (χ1v) is 6.89. The van der Waals surface area contributed by atoms with Crippen molar-refractivity contribution in [2.45, 2.75) is 13.5 Å². The lowest BCUT2D eigenvalue weighted by molar-refractivity contribution is -0.139. The number of ether oxygens (including phenoxy) is 1. The molecule has 122 valence electrons. The van der Waals surface area contributed by atoms with E-state index in [1.165, 1.54) is 23.7 Å². The van der Waals surface area contributed by atoms with Gasteiger partial charge in [0.25, 0.3) is 5.56 Å². The molecule has 0 amide bonds. The summed E-state index contributed by atoms with van der Waals surface area (Å²) in [6.45, 7) is 2.01. The van der Waals surface area contributed by atoms with Crippen molar-refractivity contribution >= 4 is 28.8 Å². The number of hydrogen-bond acceptors (Lipinski definition) is 7. The van der Waals surface area contributed by atoms with Crippen LogP contribution in [0.1, 0.15) is 6.92 Å². The second-order valence-electron chi connectivity index (χ2n) is 5.34. The highest BCUT2D eigenvalue weighted by atomic mass is 16.5. The van der Waals surface area contributed by atoms with Crippen LogP contribution in [0.15, 0.2) is 14.7 Å². The Morgan fingerprint density at radius 2 is 1.96 bits per heavy atom. The van der Waals surface area contributed by atoms with Crippen molar-refractivity contribution in [2.24, 2.45) is 19.2 Å². The lowest BCUT2D eigenvalue weighted by Crippen LogP contribution is -2.38. The van der Waals surface area contributed by atoms with Crippen LogP contribution in [0.3, 0.4) is 0 Å². The summed E-state index contributed by atoms with van der Waals surface area (Å²) in [5.41, 5.74) is 0.364. The maximum absolute atomic E-state index is 12.5. The van der Waals surface area contributed by atoms with Crippen LogP contribution in [0, 0.1) is 0 Å². The number of nitrogens with zero attached hydrogens (tertiary/aromatic N) is 6. The van der Waals surface area contributed by atoms with Crippen molar-refractivity contribution < 1.29 is 9.53 Å². The van der Waals surface area contributed by atoms with Gasteiger partial charge in [0.05, 0.1) is 19.4 Å². The van der Waals surface area contributed by atoms with E-state index in [1.807, 2.05) is 0 Å². The number of hydrogen-bond donors (Lipinski definition) is 0. The molecular formula is C13H16N6O4. The lowest BCUT2D eigenvalue weighted by atomic mass is 10.4. The van der Waals surface area contributed by atoms with Crippen LogP contribution in [0.4, 0.5) is 5.95 Å². The van der Waals surface area contributed by atoms with Crippen LogP contribution >= 0.6 is 0 Å². The van der Waals surface area contributed by atoms with Crippen molar-refractivity contribution in [1.29, 1.82) is 0 Å².